The van der Waals surface area contributed by atoms with Crippen molar-refractivity contribution in [2.24, 2.45) is 15.9 Å². The van der Waals surface area contributed by atoms with Crippen LogP contribution in [0, 0.1) is 28.6 Å². The van der Waals surface area contributed by atoms with E-state index >= 15 is 0 Å². The van der Waals surface area contributed by atoms with Crippen LogP contribution < -0.4 is 10.6 Å². The number of aromatic nitrogens is 3. The number of hydrogen-bond donors (Lipinski definition) is 1. The van der Waals surface area contributed by atoms with Crippen LogP contribution in [0.2, 0.25) is 0 Å². The monoisotopic (exact) mass is 503 g/mol. The van der Waals surface area contributed by atoms with E-state index in [1.165, 1.54) is 30.0 Å². The number of pyridine rings is 2. The van der Waals surface area contributed by atoms with Gasteiger partial charge in [0.1, 0.15) is 34.4 Å². The van der Waals surface area contributed by atoms with Crippen molar-refractivity contribution in [1.82, 2.24) is 19.5 Å². The number of piperidine rings is 1. The van der Waals surface area contributed by atoms with E-state index in [-0.39, 0.29) is 12.6 Å². The number of halogens is 1. The van der Waals surface area contributed by atoms with Crippen LogP contribution in [0.15, 0.2) is 46.9 Å². The van der Waals surface area contributed by atoms with Crippen molar-refractivity contribution in [1.29, 1.82) is 10.5 Å². The summed E-state index contributed by atoms with van der Waals surface area (Å²) in [7, 11) is 1.52. The summed E-state index contributed by atoms with van der Waals surface area (Å²) in [6.07, 6.45) is 7.23. The van der Waals surface area contributed by atoms with Gasteiger partial charge in [-0.2, -0.15) is 20.7 Å². The molecule has 1 aliphatic rings. The van der Waals surface area contributed by atoms with E-state index in [4.69, 9.17) is 25.6 Å². The zero-order chi connectivity index (χ0) is 26.4. The average Bonchev–Trinajstić information content (AvgIpc) is 3.33. The van der Waals surface area contributed by atoms with E-state index in [9.17, 15) is 9.65 Å². The lowest BCUT2D eigenvalue weighted by atomic mass is 10.0. The summed E-state index contributed by atoms with van der Waals surface area (Å²) < 4.78 is 26.6. The second-order valence-electron chi connectivity index (χ2n) is 8.53. The number of fused-ring (bicyclic) bond motifs is 1. The fraction of sp³-hybridized carbons (Fsp3) is 0.360. The Hall–Kier alpha value is -4.55. The smallest absolute Gasteiger partial charge is 0.179 e. The van der Waals surface area contributed by atoms with Gasteiger partial charge in [-0.15, -0.1) is 0 Å². The molecule has 12 heteroatoms. The van der Waals surface area contributed by atoms with E-state index in [1.54, 1.807) is 17.2 Å². The number of likely N-dealkylation sites (tertiary alicyclic amines) is 1. The quantitative estimate of drug-likeness (QED) is 0.213. The summed E-state index contributed by atoms with van der Waals surface area (Å²) in [4.78, 5) is 10.7. The van der Waals surface area contributed by atoms with Crippen LogP contribution in [0.1, 0.15) is 42.7 Å². The summed E-state index contributed by atoms with van der Waals surface area (Å²) in [5.41, 5.74) is 2.86. The van der Waals surface area contributed by atoms with Crippen LogP contribution in [0.25, 0.3) is 5.52 Å². The molecule has 1 atom stereocenters. The molecule has 1 unspecified atom stereocenters. The molecule has 0 radical (unpaired) electrons. The van der Waals surface area contributed by atoms with Gasteiger partial charge in [0.05, 0.1) is 36.4 Å². The number of nitriles is 2. The topological polar surface area (TPSA) is 150 Å². The molecule has 0 spiro atoms. The first-order chi connectivity index (χ1) is 18.0. The third-order valence-electron chi connectivity index (χ3n) is 6.09. The molecule has 2 N–H and O–H groups in total. The zero-order valence-corrected chi connectivity index (χ0v) is 20.5. The van der Waals surface area contributed by atoms with Crippen molar-refractivity contribution in [3.63, 3.8) is 0 Å². The van der Waals surface area contributed by atoms with Gasteiger partial charge in [-0.25, -0.2) is 8.91 Å². The number of hydrogen-bond acceptors (Lipinski definition) is 10. The number of rotatable bonds is 8. The van der Waals surface area contributed by atoms with E-state index < -0.39 is 11.9 Å². The van der Waals surface area contributed by atoms with Crippen LogP contribution in [0.4, 0.5) is 4.39 Å². The SMILES string of the molecule is COCC(Oc1cc(/C(=N/N)C(C)=NC2CCN(C#N)CC2)cn2ncc(C#N)c12)c1ccc(F)cn1. The Bertz CT molecular complexity index is 1390. The van der Waals surface area contributed by atoms with Gasteiger partial charge in [0.15, 0.2) is 12.3 Å². The minimum atomic E-state index is -0.690. The van der Waals surface area contributed by atoms with Gasteiger partial charge in [0, 0.05) is 32.0 Å². The Morgan fingerprint density at radius 3 is 2.70 bits per heavy atom. The molecule has 1 fully saturated rings. The first kappa shape index (κ1) is 25.5. The van der Waals surface area contributed by atoms with Gasteiger partial charge in [-0.05, 0) is 38.0 Å². The largest absolute Gasteiger partial charge is 0.479 e. The lowest BCUT2D eigenvalue weighted by molar-refractivity contribution is 0.0791. The molecule has 3 aromatic heterocycles. The maximum Gasteiger partial charge on any atom is 0.179 e. The molecule has 11 nitrogen and oxygen atoms in total. The van der Waals surface area contributed by atoms with Crippen molar-refractivity contribution in [3.8, 4) is 18.0 Å². The predicted octanol–water partition coefficient (Wildman–Crippen LogP) is 2.58. The molecule has 3 aromatic rings. The Labute approximate surface area is 213 Å². The average molecular weight is 504 g/mol. The van der Waals surface area contributed by atoms with Crippen molar-refractivity contribution < 1.29 is 13.9 Å². The molecule has 1 saturated heterocycles. The van der Waals surface area contributed by atoms with Gasteiger partial charge in [0.2, 0.25) is 0 Å². The Morgan fingerprint density at radius 2 is 2.08 bits per heavy atom. The van der Waals surface area contributed by atoms with E-state index in [0.717, 1.165) is 19.0 Å². The molecular weight excluding hydrogens is 477 g/mol. The van der Waals surface area contributed by atoms with Crippen LogP contribution in [-0.4, -0.2) is 63.8 Å². The van der Waals surface area contributed by atoms with E-state index in [2.05, 4.69) is 27.4 Å². The molecule has 0 saturated carbocycles. The molecule has 0 amide bonds. The highest BCUT2D eigenvalue weighted by Gasteiger charge is 2.23. The van der Waals surface area contributed by atoms with Crippen molar-refractivity contribution in [3.05, 3.63) is 59.4 Å². The third-order valence-corrected chi connectivity index (χ3v) is 6.09. The lowest BCUT2D eigenvalue weighted by Gasteiger charge is -2.26. The zero-order valence-electron chi connectivity index (χ0n) is 20.5. The van der Waals surface area contributed by atoms with Crippen LogP contribution >= 0.6 is 0 Å². The molecule has 4 rings (SSSR count). The first-order valence-corrected chi connectivity index (χ1v) is 11.6. The molecule has 1 aliphatic heterocycles. The highest BCUT2D eigenvalue weighted by atomic mass is 19.1. The summed E-state index contributed by atoms with van der Waals surface area (Å²) in [5, 5.41) is 27.0. The molecule has 37 heavy (non-hydrogen) atoms. The first-order valence-electron chi connectivity index (χ1n) is 11.6. The Morgan fingerprint density at radius 1 is 1.30 bits per heavy atom. The van der Waals surface area contributed by atoms with Crippen LogP contribution in [0.5, 0.6) is 5.75 Å². The molecule has 0 aliphatic carbocycles. The maximum atomic E-state index is 13.5. The van der Waals surface area contributed by atoms with Gasteiger partial charge in [-0.3, -0.25) is 9.98 Å². The normalized spacial score (nSPS) is 15.9. The minimum Gasteiger partial charge on any atom is -0.479 e. The number of aliphatic imine (C=N–C) groups is 1. The van der Waals surface area contributed by atoms with Crippen LogP contribution in [0.3, 0.4) is 0 Å². The fourth-order valence-electron chi connectivity index (χ4n) is 4.25. The number of nitrogens with two attached hydrogens (primary N) is 1. The van der Waals surface area contributed by atoms with E-state index in [1.807, 2.05) is 6.92 Å². The van der Waals surface area contributed by atoms with Crippen molar-refractivity contribution in [2.45, 2.75) is 31.9 Å². The standard InChI is InChI=1S/C25H26FN9O2/c1-16(32-20-5-7-34(15-28)8-6-20)24(33-29)17-9-22(25-18(10-27)11-31-35(25)13-17)37-23(14-36-2)21-4-3-19(26)12-30-21/h3-4,9,11-13,20,23H,5-8,14,29H2,1-2H3/b32-16?,33-24+. The lowest BCUT2D eigenvalue weighted by Crippen LogP contribution is -2.32. The van der Waals surface area contributed by atoms with Gasteiger partial charge in [0.25, 0.3) is 0 Å². The fourth-order valence-corrected chi connectivity index (χ4v) is 4.25. The number of methoxy groups -OCH3 is 1. The van der Waals surface area contributed by atoms with E-state index in [0.29, 0.717) is 52.6 Å². The third kappa shape index (κ3) is 5.66. The van der Waals surface area contributed by atoms with Crippen molar-refractivity contribution >= 4 is 16.9 Å². The summed E-state index contributed by atoms with van der Waals surface area (Å²) in [6.45, 7) is 3.26. The molecule has 0 bridgehead atoms. The Balaban J connectivity index is 1.72. The van der Waals surface area contributed by atoms with Gasteiger partial charge in [-0.1, -0.05) is 0 Å². The maximum absolute atomic E-state index is 13.5. The minimum absolute atomic E-state index is 0.0475. The highest BCUT2D eigenvalue weighted by molar-refractivity contribution is 6.47. The van der Waals surface area contributed by atoms with Crippen LogP contribution in [-0.2, 0) is 4.74 Å². The second kappa shape index (κ2) is 11.5. The summed E-state index contributed by atoms with van der Waals surface area (Å²) >= 11 is 0. The molecule has 190 valence electrons. The summed E-state index contributed by atoms with van der Waals surface area (Å²) in [5.74, 6) is 5.66. The van der Waals surface area contributed by atoms with Gasteiger partial charge >= 0.3 is 0 Å². The number of ether oxygens (including phenoxy) is 2. The molecule has 0 aromatic carbocycles. The highest BCUT2D eigenvalue weighted by Crippen LogP contribution is 2.30. The Kier molecular flexibility index (Phi) is 7.91. The molecular formula is C25H26FN9O2. The van der Waals surface area contributed by atoms with Gasteiger partial charge < -0.3 is 20.2 Å². The number of hydrazone groups is 1. The second-order valence-corrected chi connectivity index (χ2v) is 8.53. The van der Waals surface area contributed by atoms with Crippen molar-refractivity contribution in [2.75, 3.05) is 26.8 Å². The predicted molar refractivity (Wildman–Crippen MR) is 133 cm³/mol. The summed E-state index contributed by atoms with van der Waals surface area (Å²) in [6, 6.07) is 6.70. The number of nitrogens with zero attached hydrogens (tertiary/aromatic N) is 8. The molecule has 4 heterocycles.